The lowest BCUT2D eigenvalue weighted by Crippen LogP contribution is -2.51. The number of hydrogen-bond donors (Lipinski definition) is 2. The number of rotatable bonds is 7. The lowest BCUT2D eigenvalue weighted by atomic mass is 9.98. The van der Waals surface area contributed by atoms with Gasteiger partial charge in [0.2, 0.25) is 0 Å². The van der Waals surface area contributed by atoms with E-state index in [0.29, 0.717) is 5.75 Å². The predicted octanol–water partition coefficient (Wildman–Crippen LogP) is 2.96. The van der Waals surface area contributed by atoms with E-state index in [2.05, 4.69) is 5.32 Å². The molecule has 5 nitrogen and oxygen atoms in total. The van der Waals surface area contributed by atoms with E-state index >= 15 is 0 Å². The number of nitrogens with one attached hydrogen (secondary N) is 1. The van der Waals surface area contributed by atoms with Crippen molar-refractivity contribution in [2.24, 2.45) is 0 Å². The van der Waals surface area contributed by atoms with Gasteiger partial charge in [-0.15, -0.1) is 0 Å². The van der Waals surface area contributed by atoms with E-state index in [1.807, 2.05) is 60.7 Å². The van der Waals surface area contributed by atoms with Crippen LogP contribution in [0.1, 0.15) is 24.1 Å². The second-order valence-electron chi connectivity index (χ2n) is 6.49. The second kappa shape index (κ2) is 7.93. The molecule has 1 aliphatic heterocycles. The molecule has 0 spiro atoms. The molecular formula is C20H22N2O3S. The summed E-state index contributed by atoms with van der Waals surface area (Å²) < 4.78 is 0. The summed E-state index contributed by atoms with van der Waals surface area (Å²) in [7, 11) is 0. The normalized spacial score (nSPS) is 20.9. The first-order valence-corrected chi connectivity index (χ1v) is 9.64. The number of hydrogen-bond acceptors (Lipinski definition) is 4. The molecule has 2 aromatic carbocycles. The van der Waals surface area contributed by atoms with Crippen LogP contribution in [0, 0.1) is 0 Å². The Morgan fingerprint density at radius 1 is 1.08 bits per heavy atom. The first-order chi connectivity index (χ1) is 12.6. The van der Waals surface area contributed by atoms with E-state index in [1.54, 1.807) is 18.7 Å². The van der Waals surface area contributed by atoms with Crippen LogP contribution in [0.25, 0.3) is 0 Å². The van der Waals surface area contributed by atoms with Crippen molar-refractivity contribution in [2.45, 2.75) is 24.3 Å². The molecule has 2 N–H and O–H groups in total. The van der Waals surface area contributed by atoms with Gasteiger partial charge in [0.1, 0.15) is 5.54 Å². The summed E-state index contributed by atoms with van der Waals surface area (Å²) in [6.45, 7) is 1.51. The molecule has 1 aliphatic rings. The number of amides is 3. The molecule has 0 saturated carbocycles. The Labute approximate surface area is 157 Å². The van der Waals surface area contributed by atoms with Crippen molar-refractivity contribution in [1.82, 2.24) is 10.2 Å². The summed E-state index contributed by atoms with van der Waals surface area (Å²) in [4.78, 5) is 26.5. The maximum atomic E-state index is 12.5. The van der Waals surface area contributed by atoms with Gasteiger partial charge in [0, 0.05) is 11.5 Å². The third-order valence-corrected chi connectivity index (χ3v) is 5.93. The Morgan fingerprint density at radius 2 is 1.69 bits per heavy atom. The fourth-order valence-electron chi connectivity index (χ4n) is 3.20. The molecule has 3 rings (SSSR count). The van der Waals surface area contributed by atoms with Gasteiger partial charge in [-0.3, -0.25) is 15.0 Å². The molecule has 2 aromatic rings. The smallest absolute Gasteiger partial charge is 0.325 e. The lowest BCUT2D eigenvalue weighted by Gasteiger charge is -2.37. The van der Waals surface area contributed by atoms with Gasteiger partial charge in [0.25, 0.3) is 5.91 Å². The molecule has 0 aromatic heterocycles. The van der Waals surface area contributed by atoms with Gasteiger partial charge < -0.3 is 5.11 Å². The van der Waals surface area contributed by atoms with E-state index < -0.39 is 17.6 Å². The summed E-state index contributed by atoms with van der Waals surface area (Å²) in [6.07, 6.45) is 0. The molecule has 3 amide bonds. The Hall–Kier alpha value is -2.31. The van der Waals surface area contributed by atoms with Crippen molar-refractivity contribution in [3.63, 3.8) is 0 Å². The summed E-state index contributed by atoms with van der Waals surface area (Å²) in [6, 6.07) is 18.3. The third kappa shape index (κ3) is 3.61. The lowest BCUT2D eigenvalue weighted by molar-refractivity contribution is -0.125. The third-order valence-electron chi connectivity index (χ3n) is 4.62. The van der Waals surface area contributed by atoms with Gasteiger partial charge in [-0.1, -0.05) is 60.7 Å². The Balaban J connectivity index is 1.80. The van der Waals surface area contributed by atoms with E-state index in [9.17, 15) is 14.7 Å². The number of carbonyl (C=O) groups is 2. The van der Waals surface area contributed by atoms with Crippen LogP contribution in [0.4, 0.5) is 4.79 Å². The van der Waals surface area contributed by atoms with Crippen molar-refractivity contribution in [3.05, 3.63) is 71.8 Å². The minimum absolute atomic E-state index is 0.246. The maximum absolute atomic E-state index is 12.5. The molecular weight excluding hydrogens is 348 g/mol. The fourth-order valence-corrected chi connectivity index (χ4v) is 4.40. The van der Waals surface area contributed by atoms with Gasteiger partial charge in [-0.2, -0.15) is 11.8 Å². The van der Waals surface area contributed by atoms with Crippen molar-refractivity contribution in [3.8, 4) is 0 Å². The molecule has 6 heteroatoms. The van der Waals surface area contributed by atoms with Crippen LogP contribution in [0.5, 0.6) is 0 Å². The van der Waals surface area contributed by atoms with E-state index in [-0.39, 0.29) is 12.5 Å². The highest BCUT2D eigenvalue weighted by Gasteiger charge is 2.52. The van der Waals surface area contributed by atoms with Gasteiger partial charge >= 0.3 is 6.03 Å². The molecule has 1 saturated heterocycles. The highest BCUT2D eigenvalue weighted by Crippen LogP contribution is 2.35. The quantitative estimate of drug-likeness (QED) is 0.735. The van der Waals surface area contributed by atoms with Crippen molar-refractivity contribution in [2.75, 3.05) is 12.4 Å². The Bertz CT molecular complexity index is 769. The number of aliphatic hydroxyl groups is 1. The van der Waals surface area contributed by atoms with Gasteiger partial charge in [-0.25, -0.2) is 4.79 Å². The summed E-state index contributed by atoms with van der Waals surface area (Å²) in [5, 5.41) is 12.4. The highest BCUT2D eigenvalue weighted by atomic mass is 32.2. The molecule has 1 heterocycles. The Morgan fingerprint density at radius 3 is 2.31 bits per heavy atom. The SMILES string of the molecule is C[C@]1(CSCc2ccccc2)C(=O)NC(=O)N1[C@@H](CO)c1ccccc1. The van der Waals surface area contributed by atoms with E-state index in [4.69, 9.17) is 0 Å². The zero-order valence-electron chi connectivity index (χ0n) is 14.6. The summed E-state index contributed by atoms with van der Waals surface area (Å²) in [5.41, 5.74) is 0.957. The van der Waals surface area contributed by atoms with Crippen LogP contribution in [0.3, 0.4) is 0 Å². The van der Waals surface area contributed by atoms with Crippen LogP contribution in [-0.2, 0) is 10.5 Å². The zero-order valence-corrected chi connectivity index (χ0v) is 15.4. The summed E-state index contributed by atoms with van der Waals surface area (Å²) >= 11 is 1.60. The van der Waals surface area contributed by atoms with Gasteiger partial charge in [-0.05, 0) is 18.1 Å². The molecule has 0 bridgehead atoms. The maximum Gasteiger partial charge on any atom is 0.325 e. The molecule has 26 heavy (non-hydrogen) atoms. The topological polar surface area (TPSA) is 69.6 Å². The number of nitrogens with zero attached hydrogens (tertiary/aromatic N) is 1. The monoisotopic (exact) mass is 370 g/mol. The average molecular weight is 370 g/mol. The summed E-state index contributed by atoms with van der Waals surface area (Å²) in [5.74, 6) is 0.876. The molecule has 0 aliphatic carbocycles. The van der Waals surface area contributed by atoms with Crippen LogP contribution < -0.4 is 5.32 Å². The number of benzene rings is 2. The average Bonchev–Trinajstić information content (AvgIpc) is 2.88. The first-order valence-electron chi connectivity index (χ1n) is 8.48. The molecule has 0 unspecified atom stereocenters. The number of carbonyl (C=O) groups excluding carboxylic acids is 2. The highest BCUT2D eigenvalue weighted by molar-refractivity contribution is 7.98. The van der Waals surface area contributed by atoms with Crippen LogP contribution >= 0.6 is 11.8 Å². The minimum atomic E-state index is -1.01. The zero-order chi connectivity index (χ0) is 18.6. The number of thioether (sulfide) groups is 1. The molecule has 1 fully saturated rings. The van der Waals surface area contributed by atoms with Crippen LogP contribution in [0.2, 0.25) is 0 Å². The standard InChI is InChI=1S/C20H22N2O3S/c1-20(14-26-13-15-8-4-2-5-9-15)18(24)21-19(25)22(20)17(12-23)16-10-6-3-7-11-16/h2-11,17,23H,12-14H2,1H3,(H,21,24,25)/t17-,20-/m0/s1. The second-order valence-corrected chi connectivity index (χ2v) is 7.48. The molecule has 2 atom stereocenters. The van der Waals surface area contributed by atoms with Crippen LogP contribution in [-0.4, -0.2) is 39.8 Å². The number of imide groups is 1. The van der Waals surface area contributed by atoms with Crippen molar-refractivity contribution < 1.29 is 14.7 Å². The Kier molecular flexibility index (Phi) is 5.64. The minimum Gasteiger partial charge on any atom is -0.394 e. The van der Waals surface area contributed by atoms with Crippen molar-refractivity contribution in [1.29, 1.82) is 0 Å². The first kappa shape index (κ1) is 18.5. The fraction of sp³-hybridized carbons (Fsp3) is 0.300. The number of aliphatic hydroxyl groups excluding tert-OH is 1. The van der Waals surface area contributed by atoms with Crippen molar-refractivity contribution >= 4 is 23.7 Å². The van der Waals surface area contributed by atoms with Crippen LogP contribution in [0.15, 0.2) is 60.7 Å². The largest absolute Gasteiger partial charge is 0.394 e. The molecule has 136 valence electrons. The van der Waals surface area contributed by atoms with E-state index in [1.165, 1.54) is 10.5 Å². The number of urea groups is 1. The van der Waals surface area contributed by atoms with Gasteiger partial charge in [0.05, 0.1) is 12.6 Å². The van der Waals surface area contributed by atoms with Gasteiger partial charge in [0.15, 0.2) is 0 Å². The molecule has 0 radical (unpaired) electrons. The van der Waals surface area contributed by atoms with E-state index in [0.717, 1.165) is 11.3 Å². The predicted molar refractivity (Wildman–Crippen MR) is 103 cm³/mol.